The number of halogens is 1. The van der Waals surface area contributed by atoms with E-state index in [2.05, 4.69) is 60.6 Å². The van der Waals surface area contributed by atoms with Gasteiger partial charge in [0.15, 0.2) is 5.65 Å². The van der Waals surface area contributed by atoms with Gasteiger partial charge in [-0.2, -0.15) is 0 Å². The predicted molar refractivity (Wildman–Crippen MR) is 139 cm³/mol. The van der Waals surface area contributed by atoms with Crippen LogP contribution in [0.5, 0.6) is 0 Å². The predicted octanol–water partition coefficient (Wildman–Crippen LogP) is 5.44. The summed E-state index contributed by atoms with van der Waals surface area (Å²) in [4.78, 5) is 26.2. The third kappa shape index (κ3) is 4.45. The fraction of sp³-hybridized carbons (Fsp3) is 0.154. The monoisotopic (exact) mass is 547 g/mol. The third-order valence-corrected chi connectivity index (χ3v) is 6.42. The summed E-state index contributed by atoms with van der Waals surface area (Å²) in [6, 6.07) is 20.1. The Balaban J connectivity index is 1.45. The fourth-order valence-electron chi connectivity index (χ4n) is 3.83. The minimum Gasteiger partial charge on any atom is -0.352 e. The SMILES string of the molecule is CCCNC(=O)c1ccc(-c2ccc3ncn(Cc4ccc5ncccc5c4)c3n2)cc1I. The number of nitrogens with one attached hydrogen (secondary N) is 1. The molecule has 3 aromatic heterocycles. The Bertz CT molecular complexity index is 1480. The lowest BCUT2D eigenvalue weighted by atomic mass is 10.1. The summed E-state index contributed by atoms with van der Waals surface area (Å²) < 4.78 is 2.97. The third-order valence-electron chi connectivity index (χ3n) is 5.53. The van der Waals surface area contributed by atoms with Crippen molar-refractivity contribution in [3.63, 3.8) is 0 Å². The van der Waals surface area contributed by atoms with Crippen molar-refractivity contribution in [2.75, 3.05) is 6.54 Å². The van der Waals surface area contributed by atoms with Gasteiger partial charge in [-0.3, -0.25) is 9.78 Å². The van der Waals surface area contributed by atoms with E-state index < -0.39 is 0 Å². The molecule has 0 aliphatic heterocycles. The van der Waals surface area contributed by atoms with Crippen molar-refractivity contribution >= 4 is 50.6 Å². The molecule has 0 atom stereocenters. The van der Waals surface area contributed by atoms with Crippen LogP contribution in [0.4, 0.5) is 0 Å². The molecule has 0 unspecified atom stereocenters. The van der Waals surface area contributed by atoms with Gasteiger partial charge in [0.25, 0.3) is 5.91 Å². The lowest BCUT2D eigenvalue weighted by Gasteiger charge is -2.09. The second kappa shape index (κ2) is 9.27. The van der Waals surface area contributed by atoms with Crippen LogP contribution in [0.3, 0.4) is 0 Å². The maximum atomic E-state index is 12.4. The molecule has 0 fully saturated rings. The molecule has 6 nitrogen and oxygen atoms in total. The summed E-state index contributed by atoms with van der Waals surface area (Å²) in [5.74, 6) is -0.0418. The standard InChI is InChI=1S/C26H22IN5O/c1-2-11-29-26(33)20-7-6-19(14-21(20)27)23-9-10-24-25(31-23)32(16-30-24)15-17-5-8-22-18(13-17)4-3-12-28-22/h3-10,12-14,16H,2,11,15H2,1H3,(H,29,33). The summed E-state index contributed by atoms with van der Waals surface area (Å²) in [5.41, 5.74) is 6.34. The molecule has 164 valence electrons. The summed E-state index contributed by atoms with van der Waals surface area (Å²) in [7, 11) is 0. The van der Waals surface area contributed by atoms with Gasteiger partial charge < -0.3 is 9.88 Å². The average molecular weight is 547 g/mol. The molecule has 0 bridgehead atoms. The Morgan fingerprint density at radius 2 is 1.91 bits per heavy atom. The zero-order valence-corrected chi connectivity index (χ0v) is 20.3. The second-order valence-electron chi connectivity index (χ2n) is 7.89. The van der Waals surface area contributed by atoms with Crippen molar-refractivity contribution in [2.45, 2.75) is 19.9 Å². The summed E-state index contributed by atoms with van der Waals surface area (Å²) in [6.45, 7) is 3.39. The highest BCUT2D eigenvalue weighted by Crippen LogP contribution is 2.25. The van der Waals surface area contributed by atoms with Crippen molar-refractivity contribution < 1.29 is 4.79 Å². The first-order valence-electron chi connectivity index (χ1n) is 10.9. The number of carbonyl (C=O) groups is 1. The van der Waals surface area contributed by atoms with Crippen LogP contribution in [-0.2, 0) is 6.54 Å². The molecular formula is C26H22IN5O. The molecule has 1 N–H and O–H groups in total. The van der Waals surface area contributed by atoms with Crippen molar-refractivity contribution in [1.29, 1.82) is 0 Å². The van der Waals surface area contributed by atoms with Crippen LogP contribution in [-0.4, -0.2) is 32.0 Å². The van der Waals surface area contributed by atoms with E-state index in [-0.39, 0.29) is 5.91 Å². The number of hydrogen-bond acceptors (Lipinski definition) is 4. The highest BCUT2D eigenvalue weighted by molar-refractivity contribution is 14.1. The molecule has 0 saturated carbocycles. The van der Waals surface area contributed by atoms with Crippen molar-refractivity contribution in [3.05, 3.63) is 87.9 Å². The van der Waals surface area contributed by atoms with Crippen molar-refractivity contribution in [3.8, 4) is 11.3 Å². The molecule has 0 aliphatic carbocycles. The number of nitrogens with zero attached hydrogens (tertiary/aromatic N) is 4. The fourth-order valence-corrected chi connectivity index (χ4v) is 4.59. The van der Waals surface area contributed by atoms with Gasteiger partial charge in [-0.05, 0) is 77.0 Å². The number of benzene rings is 2. The van der Waals surface area contributed by atoms with Crippen LogP contribution >= 0.6 is 22.6 Å². The number of imidazole rings is 1. The quantitative estimate of drug-likeness (QED) is 0.288. The van der Waals surface area contributed by atoms with E-state index in [0.717, 1.165) is 43.3 Å². The summed E-state index contributed by atoms with van der Waals surface area (Å²) >= 11 is 2.21. The maximum absolute atomic E-state index is 12.4. The maximum Gasteiger partial charge on any atom is 0.252 e. The Morgan fingerprint density at radius 1 is 1.03 bits per heavy atom. The van der Waals surface area contributed by atoms with Crippen LogP contribution < -0.4 is 5.32 Å². The summed E-state index contributed by atoms with van der Waals surface area (Å²) in [5, 5.41) is 4.05. The first-order chi connectivity index (χ1) is 16.1. The number of pyridine rings is 2. The van der Waals surface area contributed by atoms with Crippen LogP contribution in [0.1, 0.15) is 29.3 Å². The molecule has 7 heteroatoms. The smallest absolute Gasteiger partial charge is 0.252 e. The minimum absolute atomic E-state index is 0.0418. The molecular weight excluding hydrogens is 525 g/mol. The molecule has 2 aromatic carbocycles. The van der Waals surface area contributed by atoms with Gasteiger partial charge in [0, 0.05) is 27.3 Å². The minimum atomic E-state index is -0.0418. The highest BCUT2D eigenvalue weighted by Gasteiger charge is 2.13. The van der Waals surface area contributed by atoms with Crippen molar-refractivity contribution in [1.82, 2.24) is 24.8 Å². The lowest BCUT2D eigenvalue weighted by Crippen LogP contribution is -2.24. The largest absolute Gasteiger partial charge is 0.352 e. The average Bonchev–Trinajstić information content (AvgIpc) is 3.24. The van der Waals surface area contributed by atoms with Crippen LogP contribution in [0.15, 0.2) is 73.2 Å². The van der Waals surface area contributed by atoms with Gasteiger partial charge in [0.05, 0.1) is 29.6 Å². The number of fused-ring (bicyclic) bond motifs is 2. The second-order valence-corrected chi connectivity index (χ2v) is 9.05. The van der Waals surface area contributed by atoms with E-state index in [1.807, 2.05) is 61.9 Å². The van der Waals surface area contributed by atoms with Crippen LogP contribution in [0, 0.1) is 3.57 Å². The molecule has 0 saturated heterocycles. The number of hydrogen-bond donors (Lipinski definition) is 1. The molecule has 5 aromatic rings. The zero-order chi connectivity index (χ0) is 22.8. The molecule has 0 aliphatic rings. The van der Waals surface area contributed by atoms with E-state index in [0.29, 0.717) is 18.7 Å². The first kappa shape index (κ1) is 21.5. The Labute approximate surface area is 205 Å². The molecule has 33 heavy (non-hydrogen) atoms. The Hall–Kier alpha value is -3.33. The number of amides is 1. The molecule has 0 spiro atoms. The van der Waals surface area contributed by atoms with Gasteiger partial charge in [0.1, 0.15) is 5.52 Å². The van der Waals surface area contributed by atoms with Crippen molar-refractivity contribution in [2.24, 2.45) is 0 Å². The lowest BCUT2D eigenvalue weighted by molar-refractivity contribution is 0.0953. The summed E-state index contributed by atoms with van der Waals surface area (Å²) in [6.07, 6.45) is 4.55. The first-order valence-corrected chi connectivity index (χ1v) is 11.9. The number of aromatic nitrogens is 4. The number of carbonyl (C=O) groups excluding carboxylic acids is 1. The van der Waals surface area contributed by atoms with E-state index in [9.17, 15) is 4.79 Å². The molecule has 1 amide bonds. The molecule has 3 heterocycles. The highest BCUT2D eigenvalue weighted by atomic mass is 127. The molecule has 5 rings (SSSR count). The molecule has 0 radical (unpaired) electrons. The Kier molecular flexibility index (Phi) is 6.04. The Morgan fingerprint density at radius 3 is 2.76 bits per heavy atom. The van der Waals surface area contributed by atoms with Gasteiger partial charge >= 0.3 is 0 Å². The normalized spacial score (nSPS) is 11.2. The topological polar surface area (TPSA) is 72.7 Å². The van der Waals surface area contributed by atoms with Gasteiger partial charge in [0.2, 0.25) is 0 Å². The van der Waals surface area contributed by atoms with Gasteiger partial charge in [-0.25, -0.2) is 9.97 Å². The van der Waals surface area contributed by atoms with E-state index in [4.69, 9.17) is 4.98 Å². The van der Waals surface area contributed by atoms with Crippen LogP contribution in [0.25, 0.3) is 33.3 Å². The van der Waals surface area contributed by atoms with Gasteiger partial charge in [-0.15, -0.1) is 0 Å². The van der Waals surface area contributed by atoms with E-state index >= 15 is 0 Å². The number of rotatable bonds is 6. The van der Waals surface area contributed by atoms with Crippen LogP contribution in [0.2, 0.25) is 0 Å². The van der Waals surface area contributed by atoms with E-state index in [1.165, 1.54) is 5.56 Å². The van der Waals surface area contributed by atoms with Gasteiger partial charge in [-0.1, -0.05) is 25.1 Å². The zero-order valence-electron chi connectivity index (χ0n) is 18.1. The van der Waals surface area contributed by atoms with E-state index in [1.54, 1.807) is 0 Å².